The summed E-state index contributed by atoms with van der Waals surface area (Å²) >= 11 is 0. The van der Waals surface area contributed by atoms with Crippen LogP contribution in [0, 0.1) is 6.92 Å². The Morgan fingerprint density at radius 3 is 2.88 bits per heavy atom. The van der Waals surface area contributed by atoms with E-state index in [2.05, 4.69) is 23.0 Å². The molecule has 0 amide bonds. The molecule has 2 aromatic rings. The zero-order valence-electron chi connectivity index (χ0n) is 10.3. The molecule has 0 unspecified atom stereocenters. The molecule has 17 heavy (non-hydrogen) atoms. The van der Waals surface area contributed by atoms with Crippen molar-refractivity contribution in [1.82, 2.24) is 4.98 Å². The topological polar surface area (TPSA) is 51.3 Å². The number of nitrogens with two attached hydrogens (primary N) is 1. The van der Waals surface area contributed by atoms with Gasteiger partial charge in [0.05, 0.1) is 17.0 Å². The van der Waals surface area contributed by atoms with Crippen LogP contribution in [0.2, 0.25) is 0 Å². The predicted octanol–water partition coefficient (Wildman–Crippen LogP) is 3.33. The van der Waals surface area contributed by atoms with E-state index in [1.807, 2.05) is 31.2 Å². The van der Waals surface area contributed by atoms with Crippen molar-refractivity contribution in [3.63, 3.8) is 0 Å². The number of hydrogen-bond donors (Lipinski definition) is 1. The van der Waals surface area contributed by atoms with Crippen LogP contribution in [0.1, 0.15) is 25.5 Å². The van der Waals surface area contributed by atoms with E-state index in [0.717, 1.165) is 35.1 Å². The minimum Gasteiger partial charge on any atom is -0.387 e. The van der Waals surface area contributed by atoms with Gasteiger partial charge in [-0.05, 0) is 25.5 Å². The Labute approximate surface area is 101 Å². The number of nitrogens with zero attached hydrogens (tertiary/aromatic N) is 2. The second kappa shape index (κ2) is 4.95. The average molecular weight is 227 g/mol. The highest BCUT2D eigenvalue weighted by Gasteiger charge is 2.02. The van der Waals surface area contributed by atoms with Gasteiger partial charge in [0, 0.05) is 17.5 Å². The first-order valence-corrected chi connectivity index (χ1v) is 5.90. The van der Waals surface area contributed by atoms with E-state index < -0.39 is 0 Å². The molecular formula is C14H17N3. The van der Waals surface area contributed by atoms with Crippen molar-refractivity contribution in [2.45, 2.75) is 26.7 Å². The Morgan fingerprint density at radius 2 is 2.12 bits per heavy atom. The van der Waals surface area contributed by atoms with Crippen molar-refractivity contribution in [2.24, 2.45) is 10.7 Å². The molecule has 1 heterocycles. The van der Waals surface area contributed by atoms with Gasteiger partial charge in [0.1, 0.15) is 0 Å². The van der Waals surface area contributed by atoms with Gasteiger partial charge >= 0.3 is 0 Å². The first-order chi connectivity index (χ1) is 8.20. The number of aromatic nitrogens is 1. The van der Waals surface area contributed by atoms with Crippen LogP contribution >= 0.6 is 0 Å². The summed E-state index contributed by atoms with van der Waals surface area (Å²) in [5.74, 6) is 0.670. The molecule has 0 spiro atoms. The molecule has 0 saturated carbocycles. The summed E-state index contributed by atoms with van der Waals surface area (Å²) in [7, 11) is 0. The summed E-state index contributed by atoms with van der Waals surface area (Å²) < 4.78 is 0. The molecule has 0 saturated heterocycles. The molecule has 88 valence electrons. The fraction of sp³-hybridized carbons (Fsp3) is 0.286. The highest BCUT2D eigenvalue weighted by atomic mass is 14.9. The second-order valence-electron chi connectivity index (χ2n) is 4.15. The number of hydrogen-bond acceptors (Lipinski definition) is 2. The fourth-order valence-electron chi connectivity index (χ4n) is 1.79. The van der Waals surface area contributed by atoms with Crippen LogP contribution in [0.5, 0.6) is 0 Å². The summed E-state index contributed by atoms with van der Waals surface area (Å²) in [6, 6.07) is 10.0. The Morgan fingerprint density at radius 1 is 1.29 bits per heavy atom. The van der Waals surface area contributed by atoms with E-state index in [1.54, 1.807) is 0 Å². The maximum atomic E-state index is 5.87. The minimum absolute atomic E-state index is 0.670. The van der Waals surface area contributed by atoms with Crippen LogP contribution in [0.25, 0.3) is 10.9 Å². The normalized spacial score (nSPS) is 12.0. The summed E-state index contributed by atoms with van der Waals surface area (Å²) in [6.07, 6.45) is 1.83. The van der Waals surface area contributed by atoms with Crippen molar-refractivity contribution in [1.29, 1.82) is 0 Å². The first-order valence-electron chi connectivity index (χ1n) is 5.90. The molecule has 1 aromatic carbocycles. The van der Waals surface area contributed by atoms with Gasteiger partial charge in [-0.2, -0.15) is 0 Å². The monoisotopic (exact) mass is 227 g/mol. The lowest BCUT2D eigenvalue weighted by molar-refractivity contribution is 0.983. The quantitative estimate of drug-likeness (QED) is 0.646. The number of fused-ring (bicyclic) bond motifs is 1. The van der Waals surface area contributed by atoms with E-state index in [-0.39, 0.29) is 0 Å². The number of amidine groups is 1. The van der Waals surface area contributed by atoms with Crippen molar-refractivity contribution >= 4 is 22.4 Å². The molecule has 2 rings (SSSR count). The van der Waals surface area contributed by atoms with Crippen LogP contribution in [-0.4, -0.2) is 10.8 Å². The van der Waals surface area contributed by atoms with E-state index in [1.165, 1.54) is 0 Å². The van der Waals surface area contributed by atoms with Gasteiger partial charge in [-0.1, -0.05) is 25.1 Å². The third kappa shape index (κ3) is 2.61. The largest absolute Gasteiger partial charge is 0.387 e. The van der Waals surface area contributed by atoms with Gasteiger partial charge in [0.25, 0.3) is 0 Å². The van der Waals surface area contributed by atoms with Gasteiger partial charge in [0.2, 0.25) is 0 Å². The van der Waals surface area contributed by atoms with Gasteiger partial charge in [-0.15, -0.1) is 0 Å². The molecule has 0 aliphatic carbocycles. The van der Waals surface area contributed by atoms with Crippen LogP contribution in [-0.2, 0) is 0 Å². The number of rotatable bonds is 3. The molecule has 3 nitrogen and oxygen atoms in total. The van der Waals surface area contributed by atoms with Crippen LogP contribution < -0.4 is 5.73 Å². The van der Waals surface area contributed by atoms with E-state index in [0.29, 0.717) is 5.84 Å². The molecule has 0 fully saturated rings. The van der Waals surface area contributed by atoms with Gasteiger partial charge in [-0.25, -0.2) is 4.99 Å². The lowest BCUT2D eigenvalue weighted by Gasteiger charge is -2.04. The third-order valence-electron chi connectivity index (χ3n) is 2.61. The molecule has 0 atom stereocenters. The third-order valence-corrected chi connectivity index (χ3v) is 2.61. The highest BCUT2D eigenvalue weighted by Crippen LogP contribution is 2.24. The standard InChI is InChI=1S/C14H17N3/c1-3-5-13(15)17-12-7-4-6-11-9-8-10(2)16-14(11)12/h4,6-9H,3,5H2,1-2H3,(H2,15,17). The van der Waals surface area contributed by atoms with E-state index >= 15 is 0 Å². The lowest BCUT2D eigenvalue weighted by Crippen LogP contribution is -2.09. The van der Waals surface area contributed by atoms with Crippen molar-refractivity contribution in [2.75, 3.05) is 0 Å². The molecule has 0 bridgehead atoms. The maximum absolute atomic E-state index is 5.87. The number of pyridine rings is 1. The summed E-state index contributed by atoms with van der Waals surface area (Å²) in [4.78, 5) is 8.98. The molecule has 1 aromatic heterocycles. The number of para-hydroxylation sites is 1. The predicted molar refractivity (Wildman–Crippen MR) is 72.7 cm³/mol. The second-order valence-corrected chi connectivity index (χ2v) is 4.15. The SMILES string of the molecule is CCCC(N)=Nc1cccc2ccc(C)nc12. The molecule has 0 radical (unpaired) electrons. The molecule has 0 aliphatic heterocycles. The molecule has 3 heteroatoms. The molecule has 2 N–H and O–H groups in total. The van der Waals surface area contributed by atoms with Gasteiger partial charge in [0.15, 0.2) is 0 Å². The Kier molecular flexibility index (Phi) is 3.38. The zero-order chi connectivity index (χ0) is 12.3. The Bertz CT molecular complexity index is 558. The first kappa shape index (κ1) is 11.6. The van der Waals surface area contributed by atoms with E-state index in [4.69, 9.17) is 5.73 Å². The maximum Gasteiger partial charge on any atom is 0.0997 e. The minimum atomic E-state index is 0.670. The zero-order valence-corrected chi connectivity index (χ0v) is 10.3. The van der Waals surface area contributed by atoms with E-state index in [9.17, 15) is 0 Å². The summed E-state index contributed by atoms with van der Waals surface area (Å²) in [5, 5.41) is 1.10. The average Bonchev–Trinajstić information content (AvgIpc) is 2.30. The van der Waals surface area contributed by atoms with Crippen LogP contribution in [0.15, 0.2) is 35.3 Å². The van der Waals surface area contributed by atoms with Crippen molar-refractivity contribution in [3.8, 4) is 0 Å². The highest BCUT2D eigenvalue weighted by molar-refractivity contribution is 5.93. The Balaban J connectivity index is 2.53. The summed E-state index contributed by atoms with van der Waals surface area (Å²) in [6.45, 7) is 4.07. The Hall–Kier alpha value is -1.90. The molecular weight excluding hydrogens is 210 g/mol. The smallest absolute Gasteiger partial charge is 0.0997 e. The number of benzene rings is 1. The van der Waals surface area contributed by atoms with Gasteiger partial charge in [-0.3, -0.25) is 4.98 Å². The molecule has 0 aliphatic rings. The van der Waals surface area contributed by atoms with Crippen molar-refractivity contribution < 1.29 is 0 Å². The van der Waals surface area contributed by atoms with Crippen LogP contribution in [0.4, 0.5) is 5.69 Å². The lowest BCUT2D eigenvalue weighted by atomic mass is 10.2. The number of aliphatic imine (C=N–C) groups is 1. The fourth-order valence-corrected chi connectivity index (χ4v) is 1.79. The number of aryl methyl sites for hydroxylation is 1. The van der Waals surface area contributed by atoms with Gasteiger partial charge < -0.3 is 5.73 Å². The summed E-state index contributed by atoms with van der Waals surface area (Å²) in [5.41, 5.74) is 8.64. The van der Waals surface area contributed by atoms with Crippen LogP contribution in [0.3, 0.4) is 0 Å². The van der Waals surface area contributed by atoms with Crippen molar-refractivity contribution in [3.05, 3.63) is 36.0 Å².